The first-order valence-electron chi connectivity index (χ1n) is 12.8. The molecule has 0 aliphatic heterocycles. The lowest BCUT2D eigenvalue weighted by atomic mass is 9.83. The van der Waals surface area contributed by atoms with Crippen molar-refractivity contribution in [2.75, 3.05) is 0 Å². The molecule has 38 heavy (non-hydrogen) atoms. The van der Waals surface area contributed by atoms with Crippen LogP contribution in [0.4, 0.5) is 4.39 Å². The van der Waals surface area contributed by atoms with Crippen molar-refractivity contribution < 1.29 is 8.91 Å². The summed E-state index contributed by atoms with van der Waals surface area (Å²) < 4.78 is 21.6. The average molecular weight is 533 g/mol. The largest absolute Gasteiger partial charge is 0.439 e. The van der Waals surface area contributed by atoms with Crippen LogP contribution >= 0.6 is 11.6 Å². The molecule has 0 saturated heterocycles. The fourth-order valence-corrected chi connectivity index (χ4v) is 5.50. The maximum Gasteiger partial charge on any atom is 0.439 e. The molecule has 10 heteroatoms. The van der Waals surface area contributed by atoms with Crippen LogP contribution in [0, 0.1) is 17.7 Å². The molecule has 6 rings (SSSR count). The summed E-state index contributed by atoms with van der Waals surface area (Å²) in [7, 11) is 0. The third kappa shape index (κ3) is 4.86. The van der Waals surface area contributed by atoms with E-state index in [0.717, 1.165) is 36.6 Å². The van der Waals surface area contributed by atoms with Gasteiger partial charge in [0.1, 0.15) is 17.3 Å². The molecule has 1 fully saturated rings. The highest BCUT2D eigenvalue weighted by Crippen LogP contribution is 2.35. The lowest BCUT2D eigenvalue weighted by Gasteiger charge is -2.27. The molecule has 1 saturated carbocycles. The van der Waals surface area contributed by atoms with Gasteiger partial charge in [-0.2, -0.15) is 0 Å². The number of aromatic nitrogens is 6. The lowest BCUT2D eigenvalue weighted by Crippen LogP contribution is -2.19. The van der Waals surface area contributed by atoms with Crippen LogP contribution in [0.25, 0.3) is 33.8 Å². The summed E-state index contributed by atoms with van der Waals surface area (Å²) in [6, 6.07) is 10.3. The molecule has 0 bridgehead atoms. The summed E-state index contributed by atoms with van der Waals surface area (Å²) in [4.78, 5) is 28.4. The van der Waals surface area contributed by atoms with Gasteiger partial charge >= 0.3 is 5.76 Å². The Balaban J connectivity index is 1.57. The van der Waals surface area contributed by atoms with Gasteiger partial charge in [0, 0.05) is 30.9 Å². The smallest absolute Gasteiger partial charge is 0.326 e. The van der Waals surface area contributed by atoms with Gasteiger partial charge in [0.15, 0.2) is 0 Å². The van der Waals surface area contributed by atoms with Crippen LogP contribution in [0.5, 0.6) is 0 Å². The number of halogens is 2. The number of aromatic amines is 1. The highest BCUT2D eigenvalue weighted by Gasteiger charge is 2.25. The fourth-order valence-electron chi connectivity index (χ4n) is 5.32. The van der Waals surface area contributed by atoms with Crippen molar-refractivity contribution in [3.05, 3.63) is 81.6 Å². The molecule has 1 aromatic carbocycles. The van der Waals surface area contributed by atoms with Crippen LogP contribution in [0.3, 0.4) is 0 Å². The Kier molecular flexibility index (Phi) is 6.53. The van der Waals surface area contributed by atoms with Crippen molar-refractivity contribution in [3.63, 3.8) is 0 Å². The van der Waals surface area contributed by atoms with Gasteiger partial charge in [-0.25, -0.2) is 19.2 Å². The first kappa shape index (κ1) is 24.5. The first-order chi connectivity index (χ1) is 18.4. The number of fused-ring (bicyclic) bond motifs is 1. The quantitative estimate of drug-likeness (QED) is 0.286. The number of hydrogen-bond donors (Lipinski definition) is 1. The molecule has 0 unspecified atom stereocenters. The second-order valence-electron chi connectivity index (χ2n) is 10.1. The number of imidazole rings is 1. The maximum atomic E-state index is 14.7. The summed E-state index contributed by atoms with van der Waals surface area (Å²) in [5.74, 6) is 1.19. The molecule has 194 valence electrons. The molecular weight excluding hydrogens is 507 g/mol. The number of H-pyrrole nitrogens is 1. The van der Waals surface area contributed by atoms with E-state index in [-0.39, 0.29) is 11.6 Å². The van der Waals surface area contributed by atoms with Gasteiger partial charge < -0.3 is 4.57 Å². The van der Waals surface area contributed by atoms with E-state index in [1.54, 1.807) is 36.7 Å². The van der Waals surface area contributed by atoms with Gasteiger partial charge in [-0.15, -0.1) is 0 Å². The lowest BCUT2D eigenvalue weighted by molar-refractivity contribution is 0.265. The fraction of sp³-hybridized carbons (Fsp3) is 0.321. The predicted molar refractivity (Wildman–Crippen MR) is 142 cm³/mol. The molecule has 1 aliphatic rings. The molecule has 0 radical (unpaired) electrons. The Hall–Kier alpha value is -3.85. The van der Waals surface area contributed by atoms with Gasteiger partial charge in [-0.1, -0.05) is 54.7 Å². The minimum atomic E-state index is -0.676. The number of nitrogens with one attached hydrogen (secondary N) is 1. The Morgan fingerprint density at radius 3 is 2.68 bits per heavy atom. The number of pyridine rings is 2. The predicted octanol–water partition coefficient (Wildman–Crippen LogP) is 6.05. The normalized spacial score (nSPS) is 17.8. The third-order valence-electron chi connectivity index (χ3n) is 7.35. The Bertz CT molecular complexity index is 1670. The number of nitrogens with zero attached hydrogens (tertiary/aromatic N) is 5. The molecular formula is C28H26ClFN6O2. The van der Waals surface area contributed by atoms with Gasteiger partial charge in [0.05, 0.1) is 21.7 Å². The first-order valence-corrected chi connectivity index (χ1v) is 13.1. The van der Waals surface area contributed by atoms with Crippen LogP contribution in [0.1, 0.15) is 44.0 Å². The van der Waals surface area contributed by atoms with E-state index in [1.807, 2.05) is 6.07 Å². The molecule has 1 aliphatic carbocycles. The van der Waals surface area contributed by atoms with Crippen molar-refractivity contribution in [2.24, 2.45) is 11.8 Å². The van der Waals surface area contributed by atoms with Gasteiger partial charge in [0.2, 0.25) is 5.82 Å². The zero-order chi connectivity index (χ0) is 26.2. The minimum Gasteiger partial charge on any atom is -0.326 e. The van der Waals surface area contributed by atoms with E-state index in [4.69, 9.17) is 26.1 Å². The average Bonchev–Trinajstić information content (AvgIpc) is 3.49. The topological polar surface area (TPSA) is 102 Å². The van der Waals surface area contributed by atoms with Crippen LogP contribution in [-0.2, 0) is 13.0 Å². The Labute approximate surface area is 222 Å². The molecule has 1 N–H and O–H groups in total. The molecule has 8 nitrogen and oxygen atoms in total. The minimum absolute atomic E-state index is 0.194. The SMILES string of the molecule is C[C@H]1CC[C@H](Cn2c(Cc3ccccc3F)nc3cc(-c4noc(=O)[nH]4)nc(-c4cncc(Cl)c4)c32)CC1. The standard InChI is InChI=1S/C28H26ClFN6O2/c1-16-6-8-17(9-7-16)15-36-24(11-18-4-2-3-5-21(18)30)32-22-12-23(27-34-28(37)38-35-27)33-25(26(22)36)19-10-20(29)14-31-13-19/h2-5,10,12-14,16-17H,6-9,11,15H2,1H3,(H,34,35,37)/t16-,17-. The van der Waals surface area contributed by atoms with E-state index < -0.39 is 5.76 Å². The highest BCUT2D eigenvalue weighted by molar-refractivity contribution is 6.30. The van der Waals surface area contributed by atoms with Gasteiger partial charge in [-0.05, 0) is 48.4 Å². The summed E-state index contributed by atoms with van der Waals surface area (Å²) in [5.41, 5.74) is 3.74. The van der Waals surface area contributed by atoms with Crippen LogP contribution < -0.4 is 5.76 Å². The van der Waals surface area contributed by atoms with Crippen molar-refractivity contribution in [2.45, 2.75) is 45.6 Å². The van der Waals surface area contributed by atoms with Crippen molar-refractivity contribution in [3.8, 4) is 22.8 Å². The van der Waals surface area contributed by atoms with E-state index in [1.165, 1.54) is 18.9 Å². The number of rotatable bonds is 6. The van der Waals surface area contributed by atoms with Crippen molar-refractivity contribution in [1.82, 2.24) is 29.7 Å². The van der Waals surface area contributed by atoms with Crippen LogP contribution in [0.15, 0.2) is 58.1 Å². The second-order valence-corrected chi connectivity index (χ2v) is 10.5. The zero-order valence-electron chi connectivity index (χ0n) is 20.8. The van der Waals surface area contributed by atoms with Gasteiger partial charge in [-0.3, -0.25) is 14.5 Å². The monoisotopic (exact) mass is 532 g/mol. The van der Waals surface area contributed by atoms with E-state index >= 15 is 0 Å². The van der Waals surface area contributed by atoms with Gasteiger partial charge in [0.25, 0.3) is 0 Å². The third-order valence-corrected chi connectivity index (χ3v) is 7.55. The molecule has 0 amide bonds. The van der Waals surface area contributed by atoms with Crippen molar-refractivity contribution >= 4 is 22.6 Å². The summed E-state index contributed by atoms with van der Waals surface area (Å²) >= 11 is 6.32. The summed E-state index contributed by atoms with van der Waals surface area (Å²) in [6.07, 6.45) is 8.21. The summed E-state index contributed by atoms with van der Waals surface area (Å²) in [6.45, 7) is 3.05. The van der Waals surface area contributed by atoms with E-state index in [9.17, 15) is 9.18 Å². The number of hydrogen-bond acceptors (Lipinski definition) is 6. The Morgan fingerprint density at radius 2 is 1.95 bits per heavy atom. The number of benzene rings is 1. The highest BCUT2D eigenvalue weighted by atomic mass is 35.5. The molecule has 5 aromatic rings. The summed E-state index contributed by atoms with van der Waals surface area (Å²) in [5, 5.41) is 4.29. The van der Waals surface area contributed by atoms with Crippen LogP contribution in [0.2, 0.25) is 5.02 Å². The Morgan fingerprint density at radius 1 is 1.13 bits per heavy atom. The second kappa shape index (κ2) is 10.1. The van der Waals surface area contributed by atoms with Crippen LogP contribution in [-0.4, -0.2) is 29.7 Å². The van der Waals surface area contributed by atoms with Crippen molar-refractivity contribution in [1.29, 1.82) is 0 Å². The van der Waals surface area contributed by atoms with E-state index in [0.29, 0.717) is 45.4 Å². The van der Waals surface area contributed by atoms with E-state index in [2.05, 4.69) is 26.6 Å². The molecule has 0 spiro atoms. The molecule has 4 heterocycles. The zero-order valence-corrected chi connectivity index (χ0v) is 21.6. The molecule has 0 atom stereocenters. The molecule has 4 aromatic heterocycles. The maximum absolute atomic E-state index is 14.7.